The summed E-state index contributed by atoms with van der Waals surface area (Å²) in [5.41, 5.74) is 0.773. The maximum Gasteiger partial charge on any atom is 0.229 e. The molecule has 0 spiro atoms. The molecule has 0 aliphatic carbocycles. The minimum atomic E-state index is -0.527. The number of carbonyl (C=O) groups excluding carboxylic acids is 2. The Morgan fingerprint density at radius 1 is 1.22 bits per heavy atom. The quantitative estimate of drug-likeness (QED) is 0.935. The molecule has 2 amide bonds. The Kier molecular flexibility index (Phi) is 4.30. The lowest BCUT2D eigenvalue weighted by molar-refractivity contribution is -0.122. The molecule has 1 unspecified atom stereocenters. The lowest BCUT2D eigenvalue weighted by Gasteiger charge is -2.17. The summed E-state index contributed by atoms with van der Waals surface area (Å²) < 4.78 is 13.8. The average molecular weight is 333 g/mol. The van der Waals surface area contributed by atoms with Crippen LogP contribution in [0.5, 0.6) is 0 Å². The lowest BCUT2D eigenvalue weighted by Crippen LogP contribution is -2.28. The van der Waals surface area contributed by atoms with Crippen molar-refractivity contribution < 1.29 is 14.0 Å². The molecule has 2 aromatic rings. The van der Waals surface area contributed by atoms with Crippen molar-refractivity contribution in [3.63, 3.8) is 0 Å². The number of halogens is 2. The molecule has 1 N–H and O–H groups in total. The van der Waals surface area contributed by atoms with Gasteiger partial charge >= 0.3 is 0 Å². The van der Waals surface area contributed by atoms with Crippen LogP contribution in [0.3, 0.4) is 0 Å². The molecule has 1 saturated heterocycles. The second-order valence-corrected chi connectivity index (χ2v) is 5.79. The standard InChI is InChI=1S/C17H14ClFN2O2/c18-12-4-3-5-13(9-12)20-17(23)11-8-16(22)21(10-11)15-7-2-1-6-14(15)19/h1-7,9,11H,8,10H2,(H,20,23). The normalized spacial score (nSPS) is 17.4. The number of nitrogens with one attached hydrogen (secondary N) is 1. The van der Waals surface area contributed by atoms with E-state index in [0.717, 1.165) is 0 Å². The fourth-order valence-corrected chi connectivity index (χ4v) is 2.79. The molecule has 1 heterocycles. The fourth-order valence-electron chi connectivity index (χ4n) is 2.60. The molecular weight excluding hydrogens is 319 g/mol. The Bertz CT molecular complexity index is 766. The largest absolute Gasteiger partial charge is 0.326 e. The van der Waals surface area contributed by atoms with Crippen LogP contribution in [-0.4, -0.2) is 18.4 Å². The van der Waals surface area contributed by atoms with Crippen LogP contribution in [-0.2, 0) is 9.59 Å². The number of nitrogens with zero attached hydrogens (tertiary/aromatic N) is 1. The topological polar surface area (TPSA) is 49.4 Å². The van der Waals surface area contributed by atoms with E-state index in [1.165, 1.54) is 17.0 Å². The van der Waals surface area contributed by atoms with Gasteiger partial charge in [-0.05, 0) is 30.3 Å². The highest BCUT2D eigenvalue weighted by Gasteiger charge is 2.36. The zero-order chi connectivity index (χ0) is 16.4. The zero-order valence-electron chi connectivity index (χ0n) is 12.1. The molecule has 4 nitrogen and oxygen atoms in total. The van der Waals surface area contributed by atoms with Gasteiger partial charge in [-0.3, -0.25) is 9.59 Å². The molecule has 0 bridgehead atoms. The van der Waals surface area contributed by atoms with Crippen LogP contribution in [0.1, 0.15) is 6.42 Å². The molecule has 1 aliphatic rings. The molecule has 118 valence electrons. The average Bonchev–Trinajstić information content (AvgIpc) is 2.90. The number of carbonyl (C=O) groups is 2. The van der Waals surface area contributed by atoms with Crippen LogP contribution in [0, 0.1) is 11.7 Å². The van der Waals surface area contributed by atoms with Crippen molar-refractivity contribution in [2.45, 2.75) is 6.42 Å². The third-order valence-electron chi connectivity index (χ3n) is 3.73. The number of anilines is 2. The minimum absolute atomic E-state index is 0.0563. The molecule has 6 heteroatoms. The van der Waals surface area contributed by atoms with Crippen molar-refractivity contribution in [3.05, 3.63) is 59.4 Å². The highest BCUT2D eigenvalue weighted by molar-refractivity contribution is 6.30. The van der Waals surface area contributed by atoms with Crippen molar-refractivity contribution in [1.82, 2.24) is 0 Å². The number of amides is 2. The number of rotatable bonds is 3. The molecule has 2 aromatic carbocycles. The summed E-state index contributed by atoms with van der Waals surface area (Å²) in [6, 6.07) is 12.8. The van der Waals surface area contributed by atoms with E-state index in [2.05, 4.69) is 5.32 Å². The van der Waals surface area contributed by atoms with Gasteiger partial charge in [-0.15, -0.1) is 0 Å². The first-order valence-electron chi connectivity index (χ1n) is 7.16. The molecular formula is C17H14ClFN2O2. The predicted octanol–water partition coefficient (Wildman–Crippen LogP) is 3.47. The van der Waals surface area contributed by atoms with Crippen molar-refractivity contribution >= 4 is 34.8 Å². The molecule has 1 fully saturated rings. The smallest absolute Gasteiger partial charge is 0.229 e. The Morgan fingerprint density at radius 2 is 2.00 bits per heavy atom. The van der Waals surface area contributed by atoms with E-state index in [0.29, 0.717) is 10.7 Å². The van der Waals surface area contributed by atoms with Crippen LogP contribution in [0.15, 0.2) is 48.5 Å². The van der Waals surface area contributed by atoms with Gasteiger partial charge in [0, 0.05) is 23.7 Å². The van der Waals surface area contributed by atoms with Crippen molar-refractivity contribution in [1.29, 1.82) is 0 Å². The van der Waals surface area contributed by atoms with E-state index in [4.69, 9.17) is 11.6 Å². The number of para-hydroxylation sites is 1. The van der Waals surface area contributed by atoms with Gasteiger partial charge in [0.1, 0.15) is 5.82 Å². The van der Waals surface area contributed by atoms with Gasteiger partial charge in [0.25, 0.3) is 0 Å². The van der Waals surface area contributed by atoms with Gasteiger partial charge in [0.2, 0.25) is 11.8 Å². The number of hydrogen-bond donors (Lipinski definition) is 1. The fraction of sp³-hybridized carbons (Fsp3) is 0.176. The van der Waals surface area contributed by atoms with Gasteiger partial charge in [-0.2, -0.15) is 0 Å². The molecule has 23 heavy (non-hydrogen) atoms. The Morgan fingerprint density at radius 3 is 2.74 bits per heavy atom. The third-order valence-corrected chi connectivity index (χ3v) is 3.97. The van der Waals surface area contributed by atoms with E-state index in [1.807, 2.05) is 0 Å². The summed E-state index contributed by atoms with van der Waals surface area (Å²) in [7, 11) is 0. The summed E-state index contributed by atoms with van der Waals surface area (Å²) in [6.45, 7) is 0.159. The van der Waals surface area contributed by atoms with E-state index in [1.54, 1.807) is 36.4 Å². The number of hydrogen-bond acceptors (Lipinski definition) is 2. The molecule has 1 atom stereocenters. The highest BCUT2D eigenvalue weighted by atomic mass is 35.5. The molecule has 3 rings (SSSR count). The van der Waals surface area contributed by atoms with E-state index < -0.39 is 11.7 Å². The summed E-state index contributed by atoms with van der Waals surface area (Å²) in [5, 5.41) is 3.25. The Labute approximate surface area is 137 Å². The van der Waals surface area contributed by atoms with Gasteiger partial charge in [0.15, 0.2) is 0 Å². The predicted molar refractivity (Wildman–Crippen MR) is 86.9 cm³/mol. The van der Waals surface area contributed by atoms with E-state index in [-0.39, 0.29) is 30.5 Å². The van der Waals surface area contributed by atoms with Crippen LogP contribution >= 0.6 is 11.6 Å². The Balaban J connectivity index is 1.72. The SMILES string of the molecule is O=C(Nc1cccc(Cl)c1)C1CC(=O)N(c2ccccc2F)C1. The maximum absolute atomic E-state index is 13.8. The lowest BCUT2D eigenvalue weighted by atomic mass is 10.1. The van der Waals surface area contributed by atoms with Crippen molar-refractivity contribution in [3.8, 4) is 0 Å². The van der Waals surface area contributed by atoms with Gasteiger partial charge < -0.3 is 10.2 Å². The van der Waals surface area contributed by atoms with E-state index in [9.17, 15) is 14.0 Å². The van der Waals surface area contributed by atoms with Crippen LogP contribution in [0.2, 0.25) is 5.02 Å². The molecule has 0 aromatic heterocycles. The molecule has 0 saturated carbocycles. The zero-order valence-corrected chi connectivity index (χ0v) is 12.9. The van der Waals surface area contributed by atoms with Gasteiger partial charge in [-0.1, -0.05) is 29.8 Å². The first-order chi connectivity index (χ1) is 11.0. The van der Waals surface area contributed by atoms with Crippen molar-refractivity contribution in [2.75, 3.05) is 16.8 Å². The molecule has 1 aliphatic heterocycles. The highest BCUT2D eigenvalue weighted by Crippen LogP contribution is 2.28. The second-order valence-electron chi connectivity index (χ2n) is 5.36. The Hall–Kier alpha value is -2.40. The summed E-state index contributed by atoms with van der Waals surface area (Å²) in [6.07, 6.45) is 0.0563. The maximum atomic E-state index is 13.8. The van der Waals surface area contributed by atoms with Crippen molar-refractivity contribution in [2.24, 2.45) is 5.92 Å². The third kappa shape index (κ3) is 3.35. The van der Waals surface area contributed by atoms with Crippen LogP contribution < -0.4 is 10.2 Å². The monoisotopic (exact) mass is 332 g/mol. The second kappa shape index (κ2) is 6.38. The first-order valence-corrected chi connectivity index (χ1v) is 7.54. The van der Waals surface area contributed by atoms with Gasteiger partial charge in [-0.25, -0.2) is 4.39 Å². The summed E-state index contributed by atoms with van der Waals surface area (Å²) in [4.78, 5) is 25.7. The van der Waals surface area contributed by atoms with E-state index >= 15 is 0 Å². The van der Waals surface area contributed by atoms with Crippen LogP contribution in [0.4, 0.5) is 15.8 Å². The summed E-state index contributed by atoms with van der Waals surface area (Å²) in [5.74, 6) is -1.54. The molecule has 0 radical (unpaired) electrons. The first kappa shape index (κ1) is 15.5. The minimum Gasteiger partial charge on any atom is -0.326 e. The van der Waals surface area contributed by atoms with Crippen LogP contribution in [0.25, 0.3) is 0 Å². The summed E-state index contributed by atoms with van der Waals surface area (Å²) >= 11 is 5.88. The van der Waals surface area contributed by atoms with Gasteiger partial charge in [0.05, 0.1) is 11.6 Å². The number of benzene rings is 2.